The molecule has 0 unspecified atom stereocenters. The van der Waals surface area contributed by atoms with Crippen LogP contribution in [-0.2, 0) is 9.59 Å². The molecule has 0 rings (SSSR count). The molecule has 0 aliphatic heterocycles. The second kappa shape index (κ2) is 8.73. The number of hydrogen-bond acceptors (Lipinski definition) is 2. The smallest absolute Gasteiger partial charge is 0.225 e. The molecule has 0 fully saturated rings. The van der Waals surface area contributed by atoms with Crippen molar-refractivity contribution in [3.05, 3.63) is 0 Å². The number of carbonyl (C=O) groups is 2. The van der Waals surface area contributed by atoms with Crippen molar-refractivity contribution in [1.29, 1.82) is 0 Å². The maximum absolute atomic E-state index is 10.8. The quantitative estimate of drug-likeness (QED) is 0.444. The normalized spacial score (nSPS) is 9.86. The summed E-state index contributed by atoms with van der Waals surface area (Å²) in [6.07, 6.45) is 7.65. The summed E-state index contributed by atoms with van der Waals surface area (Å²) in [5.41, 5.74) is 0. The number of carbonyl (C=O) groups excluding carboxylic acids is 2. The number of nitrogens with zero attached hydrogens (tertiary/aromatic N) is 1. The minimum atomic E-state index is -0.159. The summed E-state index contributed by atoms with van der Waals surface area (Å²) in [5, 5.41) is 0. The van der Waals surface area contributed by atoms with Crippen LogP contribution in [0.2, 0.25) is 0 Å². The Morgan fingerprint density at radius 1 is 1.14 bits per heavy atom. The highest BCUT2D eigenvalue weighted by Crippen LogP contribution is 2.05. The standard InChI is InChI=1S/C11H21NO2/c1-3-4-5-6-7-8-9-12(10-13)11(2)14/h10H,3-9H2,1-2H3. The number of rotatable bonds is 8. The van der Waals surface area contributed by atoms with Gasteiger partial charge in [0.2, 0.25) is 12.3 Å². The Morgan fingerprint density at radius 2 is 1.71 bits per heavy atom. The summed E-state index contributed by atoms with van der Waals surface area (Å²) in [7, 11) is 0. The number of hydrogen-bond donors (Lipinski definition) is 0. The first-order chi connectivity index (χ1) is 6.72. The number of imide groups is 1. The van der Waals surface area contributed by atoms with Gasteiger partial charge in [0.15, 0.2) is 0 Å². The van der Waals surface area contributed by atoms with E-state index in [0.29, 0.717) is 13.0 Å². The van der Waals surface area contributed by atoms with Gasteiger partial charge in [0, 0.05) is 13.5 Å². The Hall–Kier alpha value is -0.860. The molecule has 0 bridgehead atoms. The van der Waals surface area contributed by atoms with E-state index in [0.717, 1.165) is 12.8 Å². The lowest BCUT2D eigenvalue weighted by Crippen LogP contribution is -2.27. The van der Waals surface area contributed by atoms with Gasteiger partial charge in [-0.15, -0.1) is 0 Å². The number of unbranched alkanes of at least 4 members (excludes halogenated alkanes) is 5. The average molecular weight is 199 g/mol. The van der Waals surface area contributed by atoms with Crippen LogP contribution >= 0.6 is 0 Å². The minimum absolute atomic E-state index is 0.159. The molecule has 82 valence electrons. The Balaban J connectivity index is 3.33. The van der Waals surface area contributed by atoms with Crippen LogP contribution in [-0.4, -0.2) is 23.8 Å². The molecule has 0 saturated carbocycles. The maximum atomic E-state index is 10.8. The van der Waals surface area contributed by atoms with E-state index in [9.17, 15) is 9.59 Å². The summed E-state index contributed by atoms with van der Waals surface area (Å²) in [6, 6.07) is 0. The van der Waals surface area contributed by atoms with Crippen molar-refractivity contribution in [2.75, 3.05) is 6.54 Å². The summed E-state index contributed by atoms with van der Waals surface area (Å²) < 4.78 is 0. The highest BCUT2D eigenvalue weighted by molar-refractivity contribution is 5.83. The van der Waals surface area contributed by atoms with Gasteiger partial charge in [-0.3, -0.25) is 14.5 Å². The van der Waals surface area contributed by atoms with E-state index in [1.165, 1.54) is 37.5 Å². The third-order valence-electron chi connectivity index (χ3n) is 2.28. The zero-order chi connectivity index (χ0) is 10.8. The Labute approximate surface area is 86.5 Å². The van der Waals surface area contributed by atoms with E-state index in [1.807, 2.05) is 0 Å². The van der Waals surface area contributed by atoms with E-state index in [-0.39, 0.29) is 5.91 Å². The lowest BCUT2D eigenvalue weighted by atomic mass is 10.1. The predicted molar refractivity (Wildman–Crippen MR) is 56.8 cm³/mol. The molecule has 3 heteroatoms. The molecule has 0 aliphatic rings. The fourth-order valence-corrected chi connectivity index (χ4v) is 1.35. The lowest BCUT2D eigenvalue weighted by molar-refractivity contribution is -0.136. The van der Waals surface area contributed by atoms with E-state index in [4.69, 9.17) is 0 Å². The van der Waals surface area contributed by atoms with Crippen LogP contribution in [0.15, 0.2) is 0 Å². The van der Waals surface area contributed by atoms with Gasteiger partial charge in [0.25, 0.3) is 0 Å². The number of amides is 2. The molecule has 0 N–H and O–H groups in total. The first-order valence-electron chi connectivity index (χ1n) is 5.44. The Bertz CT molecular complexity index is 169. The second-order valence-electron chi connectivity index (χ2n) is 3.59. The van der Waals surface area contributed by atoms with Crippen LogP contribution in [0.3, 0.4) is 0 Å². The van der Waals surface area contributed by atoms with Gasteiger partial charge in [0.05, 0.1) is 0 Å². The fourth-order valence-electron chi connectivity index (χ4n) is 1.35. The van der Waals surface area contributed by atoms with Crippen molar-refractivity contribution < 1.29 is 9.59 Å². The largest absolute Gasteiger partial charge is 0.286 e. The van der Waals surface area contributed by atoms with Crippen LogP contribution in [0.5, 0.6) is 0 Å². The summed E-state index contributed by atoms with van der Waals surface area (Å²) >= 11 is 0. The van der Waals surface area contributed by atoms with Crippen molar-refractivity contribution in [3.8, 4) is 0 Å². The van der Waals surface area contributed by atoms with Crippen LogP contribution in [0.25, 0.3) is 0 Å². The van der Waals surface area contributed by atoms with E-state index in [1.54, 1.807) is 0 Å². The predicted octanol–water partition coefficient (Wildman–Crippen LogP) is 2.35. The van der Waals surface area contributed by atoms with Gasteiger partial charge < -0.3 is 0 Å². The van der Waals surface area contributed by atoms with Crippen molar-refractivity contribution >= 4 is 12.3 Å². The van der Waals surface area contributed by atoms with Crippen molar-refractivity contribution in [2.45, 2.75) is 52.4 Å². The van der Waals surface area contributed by atoms with E-state index < -0.39 is 0 Å². The zero-order valence-corrected chi connectivity index (χ0v) is 9.29. The molecule has 0 atom stereocenters. The molecule has 3 nitrogen and oxygen atoms in total. The molecule has 2 amide bonds. The SMILES string of the molecule is CCCCCCCCN(C=O)C(C)=O. The highest BCUT2D eigenvalue weighted by Gasteiger charge is 2.04. The summed E-state index contributed by atoms with van der Waals surface area (Å²) in [6.45, 7) is 4.18. The molecule has 0 aromatic rings. The third-order valence-corrected chi connectivity index (χ3v) is 2.28. The zero-order valence-electron chi connectivity index (χ0n) is 9.29. The van der Waals surface area contributed by atoms with Gasteiger partial charge in [-0.25, -0.2) is 0 Å². The minimum Gasteiger partial charge on any atom is -0.286 e. The Morgan fingerprint density at radius 3 is 2.21 bits per heavy atom. The highest BCUT2D eigenvalue weighted by atomic mass is 16.2. The molecular formula is C11H21NO2. The monoisotopic (exact) mass is 199 g/mol. The fraction of sp³-hybridized carbons (Fsp3) is 0.818. The molecule has 0 spiro atoms. The van der Waals surface area contributed by atoms with E-state index in [2.05, 4.69) is 6.92 Å². The average Bonchev–Trinajstić information content (AvgIpc) is 2.16. The van der Waals surface area contributed by atoms with Gasteiger partial charge in [-0.1, -0.05) is 39.0 Å². The lowest BCUT2D eigenvalue weighted by Gasteiger charge is -2.12. The molecule has 0 radical (unpaired) electrons. The van der Waals surface area contributed by atoms with Crippen LogP contribution in [0, 0.1) is 0 Å². The molecular weight excluding hydrogens is 178 g/mol. The van der Waals surface area contributed by atoms with Gasteiger partial charge in [0.1, 0.15) is 0 Å². The first kappa shape index (κ1) is 13.1. The van der Waals surface area contributed by atoms with Crippen molar-refractivity contribution in [1.82, 2.24) is 4.90 Å². The van der Waals surface area contributed by atoms with Crippen molar-refractivity contribution in [2.24, 2.45) is 0 Å². The van der Waals surface area contributed by atoms with Crippen LogP contribution in [0.4, 0.5) is 0 Å². The molecule has 0 aliphatic carbocycles. The van der Waals surface area contributed by atoms with Gasteiger partial charge >= 0.3 is 0 Å². The second-order valence-corrected chi connectivity index (χ2v) is 3.59. The summed E-state index contributed by atoms with van der Waals surface area (Å²) in [4.78, 5) is 22.5. The third kappa shape index (κ3) is 6.63. The van der Waals surface area contributed by atoms with Crippen molar-refractivity contribution in [3.63, 3.8) is 0 Å². The summed E-state index contributed by atoms with van der Waals surface area (Å²) in [5.74, 6) is -0.159. The van der Waals surface area contributed by atoms with Gasteiger partial charge in [-0.05, 0) is 6.42 Å². The van der Waals surface area contributed by atoms with Crippen LogP contribution in [0.1, 0.15) is 52.4 Å². The molecule has 0 saturated heterocycles. The first-order valence-corrected chi connectivity index (χ1v) is 5.44. The van der Waals surface area contributed by atoms with Crippen LogP contribution < -0.4 is 0 Å². The maximum Gasteiger partial charge on any atom is 0.225 e. The molecule has 0 aromatic heterocycles. The molecule has 0 heterocycles. The molecule has 14 heavy (non-hydrogen) atoms. The Kier molecular flexibility index (Phi) is 8.19. The van der Waals surface area contributed by atoms with E-state index >= 15 is 0 Å². The topological polar surface area (TPSA) is 37.4 Å². The van der Waals surface area contributed by atoms with Gasteiger partial charge in [-0.2, -0.15) is 0 Å². The molecule has 0 aromatic carbocycles.